The van der Waals surface area contributed by atoms with Crippen LogP contribution in [-0.4, -0.2) is 34.2 Å². The van der Waals surface area contributed by atoms with Crippen LogP contribution in [0.5, 0.6) is 11.5 Å². The summed E-state index contributed by atoms with van der Waals surface area (Å²) in [7, 11) is -3.74. The topological polar surface area (TPSA) is 105 Å². The Labute approximate surface area is 164 Å². The highest BCUT2D eigenvalue weighted by atomic mass is 79.9. The number of ether oxygens (including phenoxy) is 3. The molecule has 7 nitrogen and oxygen atoms in total. The zero-order valence-corrected chi connectivity index (χ0v) is 16.5. The molecule has 0 fully saturated rings. The monoisotopic (exact) mass is 463 g/mol. The first-order valence-corrected chi connectivity index (χ1v) is 9.96. The molecule has 0 spiro atoms. The maximum Gasteiger partial charge on any atom is 0.344 e. The highest BCUT2D eigenvalue weighted by Crippen LogP contribution is 2.27. The number of primary sulfonamides is 1. The molecule has 0 aliphatic heterocycles. The molecule has 0 saturated heterocycles. The number of rotatable bonds is 8. The van der Waals surface area contributed by atoms with Gasteiger partial charge >= 0.3 is 5.97 Å². The Kier molecular flexibility index (Phi) is 7.27. The van der Waals surface area contributed by atoms with Crippen LogP contribution in [0, 0.1) is 0 Å². The number of hydrogen-bond acceptors (Lipinski definition) is 6. The highest BCUT2D eigenvalue weighted by molar-refractivity contribution is 9.10. The molecule has 26 heavy (non-hydrogen) atoms. The van der Waals surface area contributed by atoms with Crippen molar-refractivity contribution in [3.05, 3.63) is 52.0 Å². The van der Waals surface area contributed by atoms with Crippen LogP contribution in [0.1, 0.15) is 0 Å². The van der Waals surface area contributed by atoms with Gasteiger partial charge in [-0.2, -0.15) is 0 Å². The van der Waals surface area contributed by atoms with Gasteiger partial charge in [0.25, 0.3) is 0 Å². The van der Waals surface area contributed by atoms with Gasteiger partial charge in [-0.3, -0.25) is 0 Å². The van der Waals surface area contributed by atoms with Crippen molar-refractivity contribution in [3.8, 4) is 11.5 Å². The first-order chi connectivity index (χ1) is 12.3. The Hall–Kier alpha value is -1.81. The second-order valence-electron chi connectivity index (χ2n) is 4.95. The maximum atomic E-state index is 11.6. The van der Waals surface area contributed by atoms with Gasteiger partial charge in [0, 0.05) is 5.02 Å². The van der Waals surface area contributed by atoms with Gasteiger partial charge in [-0.1, -0.05) is 11.6 Å². The van der Waals surface area contributed by atoms with Crippen LogP contribution < -0.4 is 14.6 Å². The third-order valence-electron chi connectivity index (χ3n) is 3.01. The second-order valence-corrected chi connectivity index (χ2v) is 7.80. The van der Waals surface area contributed by atoms with Gasteiger partial charge in [-0.25, -0.2) is 18.4 Å². The van der Waals surface area contributed by atoms with E-state index in [0.29, 0.717) is 21.0 Å². The van der Waals surface area contributed by atoms with Crippen molar-refractivity contribution in [2.24, 2.45) is 5.14 Å². The zero-order chi connectivity index (χ0) is 19.2. The van der Waals surface area contributed by atoms with Crippen LogP contribution >= 0.6 is 27.5 Å². The van der Waals surface area contributed by atoms with Gasteiger partial charge in [0.2, 0.25) is 10.0 Å². The molecular formula is C16H15BrClNO6S. The van der Waals surface area contributed by atoms with E-state index in [-0.39, 0.29) is 24.7 Å². The molecule has 2 aromatic rings. The summed E-state index contributed by atoms with van der Waals surface area (Å²) in [5.74, 6) is 0.340. The summed E-state index contributed by atoms with van der Waals surface area (Å²) in [6.45, 7) is -0.144. The van der Waals surface area contributed by atoms with Crippen molar-refractivity contribution in [3.63, 3.8) is 0 Å². The summed E-state index contributed by atoms with van der Waals surface area (Å²) in [6.07, 6.45) is 0. The lowest BCUT2D eigenvalue weighted by molar-refractivity contribution is -0.146. The van der Waals surface area contributed by atoms with E-state index in [1.54, 1.807) is 18.2 Å². The van der Waals surface area contributed by atoms with Crippen LogP contribution in [0.4, 0.5) is 0 Å². The number of halogens is 2. The van der Waals surface area contributed by atoms with Crippen molar-refractivity contribution >= 4 is 43.5 Å². The maximum absolute atomic E-state index is 11.6. The van der Waals surface area contributed by atoms with Crippen LogP contribution in [0.3, 0.4) is 0 Å². The number of esters is 1. The molecule has 0 saturated carbocycles. The standard InChI is InChI=1S/C16H15BrClNO6S/c17-14-9-11(18)1-6-15(14)25-10-16(20)24-8-7-23-12-2-4-13(5-3-12)26(19,21)22/h1-6,9H,7-8,10H2,(H2,19,21,22). The summed E-state index contributed by atoms with van der Waals surface area (Å²) in [5, 5.41) is 5.54. The SMILES string of the molecule is NS(=O)(=O)c1ccc(OCCOC(=O)COc2ccc(Cl)cc2Br)cc1. The third-order valence-corrected chi connectivity index (χ3v) is 4.79. The van der Waals surface area contributed by atoms with E-state index in [2.05, 4.69) is 15.9 Å². The zero-order valence-electron chi connectivity index (χ0n) is 13.4. The Balaban J connectivity index is 1.70. The van der Waals surface area contributed by atoms with Crippen LogP contribution in [0.25, 0.3) is 0 Å². The number of nitrogens with two attached hydrogens (primary N) is 1. The summed E-state index contributed by atoms with van der Waals surface area (Å²) >= 11 is 9.10. The Morgan fingerprint density at radius 2 is 1.77 bits per heavy atom. The molecule has 2 N–H and O–H groups in total. The average molecular weight is 465 g/mol. The van der Waals surface area contributed by atoms with Crippen molar-refractivity contribution in [2.75, 3.05) is 19.8 Å². The lowest BCUT2D eigenvalue weighted by Crippen LogP contribution is -2.18. The fraction of sp³-hybridized carbons (Fsp3) is 0.188. The van der Waals surface area contributed by atoms with Gasteiger partial charge in [0.1, 0.15) is 24.7 Å². The largest absolute Gasteiger partial charge is 0.490 e. The molecule has 0 radical (unpaired) electrons. The van der Waals surface area contributed by atoms with E-state index in [1.165, 1.54) is 24.3 Å². The predicted molar refractivity (Wildman–Crippen MR) is 98.9 cm³/mol. The molecule has 0 atom stereocenters. The fourth-order valence-electron chi connectivity index (χ4n) is 1.81. The summed E-state index contributed by atoms with van der Waals surface area (Å²) in [5.41, 5.74) is 0. The lowest BCUT2D eigenvalue weighted by atomic mass is 10.3. The number of sulfonamides is 1. The Morgan fingerprint density at radius 1 is 1.08 bits per heavy atom. The molecule has 0 heterocycles. The first-order valence-electron chi connectivity index (χ1n) is 7.25. The van der Waals surface area contributed by atoms with Crippen LogP contribution in [0.2, 0.25) is 5.02 Å². The van der Waals surface area contributed by atoms with E-state index in [9.17, 15) is 13.2 Å². The van der Waals surface area contributed by atoms with Gasteiger partial charge in [-0.15, -0.1) is 0 Å². The van der Waals surface area contributed by atoms with Crippen molar-refractivity contribution in [1.82, 2.24) is 0 Å². The Bertz CT molecular complexity index is 873. The summed E-state index contributed by atoms with van der Waals surface area (Å²) in [4.78, 5) is 11.6. The molecule has 0 amide bonds. The second kappa shape index (κ2) is 9.22. The number of benzene rings is 2. The minimum Gasteiger partial charge on any atom is -0.490 e. The normalized spacial score (nSPS) is 11.0. The third kappa shape index (κ3) is 6.49. The molecule has 2 rings (SSSR count). The van der Waals surface area contributed by atoms with Gasteiger partial charge in [0.05, 0.1) is 9.37 Å². The highest BCUT2D eigenvalue weighted by Gasteiger charge is 2.09. The van der Waals surface area contributed by atoms with E-state index < -0.39 is 16.0 Å². The van der Waals surface area contributed by atoms with E-state index >= 15 is 0 Å². The van der Waals surface area contributed by atoms with Crippen molar-refractivity contribution < 1.29 is 27.4 Å². The van der Waals surface area contributed by atoms with E-state index in [0.717, 1.165) is 0 Å². The predicted octanol–water partition coefficient (Wildman–Crippen LogP) is 2.75. The van der Waals surface area contributed by atoms with E-state index in [4.69, 9.17) is 31.0 Å². The molecule has 140 valence electrons. The van der Waals surface area contributed by atoms with Crippen LogP contribution in [-0.2, 0) is 19.6 Å². The molecule has 0 bridgehead atoms. The van der Waals surface area contributed by atoms with Crippen LogP contribution in [0.15, 0.2) is 51.8 Å². The smallest absolute Gasteiger partial charge is 0.344 e. The average Bonchev–Trinajstić information content (AvgIpc) is 2.57. The minimum atomic E-state index is -3.74. The fourth-order valence-corrected chi connectivity index (χ4v) is 3.12. The molecule has 0 aromatic heterocycles. The van der Waals surface area contributed by atoms with Crippen molar-refractivity contribution in [2.45, 2.75) is 4.90 Å². The number of hydrogen-bond donors (Lipinski definition) is 1. The van der Waals surface area contributed by atoms with E-state index in [1.807, 2.05) is 0 Å². The molecular weight excluding hydrogens is 450 g/mol. The first kappa shape index (κ1) is 20.5. The number of carbonyl (C=O) groups is 1. The van der Waals surface area contributed by atoms with Gasteiger partial charge < -0.3 is 14.2 Å². The van der Waals surface area contributed by atoms with Gasteiger partial charge in [-0.05, 0) is 58.4 Å². The molecule has 0 aliphatic carbocycles. The summed E-state index contributed by atoms with van der Waals surface area (Å²) < 4.78 is 38.6. The lowest BCUT2D eigenvalue weighted by Gasteiger charge is -2.10. The molecule has 2 aromatic carbocycles. The molecule has 0 aliphatic rings. The number of carbonyl (C=O) groups excluding carboxylic acids is 1. The molecule has 0 unspecified atom stereocenters. The quantitative estimate of drug-likeness (QED) is 0.476. The summed E-state index contributed by atoms with van der Waals surface area (Å²) in [6, 6.07) is 10.5. The molecule has 10 heteroatoms. The Morgan fingerprint density at radius 3 is 2.38 bits per heavy atom. The van der Waals surface area contributed by atoms with Crippen molar-refractivity contribution in [1.29, 1.82) is 0 Å². The van der Waals surface area contributed by atoms with Gasteiger partial charge in [0.15, 0.2) is 6.61 Å². The minimum absolute atomic E-state index is 0.0122.